The predicted molar refractivity (Wildman–Crippen MR) is 107 cm³/mol. The van der Waals surface area contributed by atoms with E-state index in [2.05, 4.69) is 16.3 Å². The van der Waals surface area contributed by atoms with Crippen molar-refractivity contribution in [2.24, 2.45) is 5.73 Å². The second-order valence-electron chi connectivity index (χ2n) is 6.10. The average molecular weight is 382 g/mol. The lowest BCUT2D eigenvalue weighted by Gasteiger charge is -2.13. The molecule has 0 aliphatic heterocycles. The van der Waals surface area contributed by atoms with Crippen LogP contribution in [0.3, 0.4) is 0 Å². The zero-order chi connectivity index (χ0) is 19.4. The van der Waals surface area contributed by atoms with Gasteiger partial charge in [0.1, 0.15) is 5.75 Å². The summed E-state index contributed by atoms with van der Waals surface area (Å²) in [6, 6.07) is 15.8. The summed E-state index contributed by atoms with van der Waals surface area (Å²) in [5, 5.41) is 8.90. The summed E-state index contributed by atoms with van der Waals surface area (Å²) in [7, 11) is 0. The van der Waals surface area contributed by atoms with Crippen molar-refractivity contribution in [3.8, 4) is 22.8 Å². The van der Waals surface area contributed by atoms with Gasteiger partial charge in [0.2, 0.25) is 5.91 Å². The lowest BCUT2D eigenvalue weighted by molar-refractivity contribution is -0.117. The molecule has 0 bridgehead atoms. The molecule has 0 saturated heterocycles. The third kappa shape index (κ3) is 4.31. The third-order valence-corrected chi connectivity index (χ3v) is 5.06. The molecule has 0 fully saturated rings. The number of carbonyl (C=O) groups excluding carboxylic acids is 1. The molecule has 2 N–H and O–H groups in total. The Morgan fingerprint density at radius 1 is 1.22 bits per heavy atom. The summed E-state index contributed by atoms with van der Waals surface area (Å²) in [4.78, 5) is 11.5. The molecule has 140 valence electrons. The van der Waals surface area contributed by atoms with Crippen LogP contribution in [0.4, 0.5) is 0 Å². The van der Waals surface area contributed by atoms with Gasteiger partial charge in [-0.2, -0.15) is 0 Å². The van der Waals surface area contributed by atoms with Crippen molar-refractivity contribution in [2.75, 3.05) is 6.61 Å². The van der Waals surface area contributed by atoms with Crippen molar-refractivity contribution >= 4 is 17.7 Å². The molecule has 27 heavy (non-hydrogen) atoms. The van der Waals surface area contributed by atoms with Crippen LogP contribution in [0.1, 0.15) is 19.4 Å². The van der Waals surface area contributed by atoms with Crippen molar-refractivity contribution in [3.05, 3.63) is 54.1 Å². The second-order valence-corrected chi connectivity index (χ2v) is 7.41. The molecule has 3 aromatic rings. The van der Waals surface area contributed by atoms with Crippen LogP contribution < -0.4 is 10.5 Å². The molecule has 0 radical (unpaired) electrons. The normalized spacial score (nSPS) is 12.0. The molecule has 1 amide bonds. The number of hydrogen-bond donors (Lipinski definition) is 1. The van der Waals surface area contributed by atoms with Crippen LogP contribution in [-0.4, -0.2) is 32.5 Å². The SMILES string of the molecule is CCOc1ccc(-n2c(S[C@@H](C)C(N)=O)nnc2-c2cccc(C)c2)cc1. The number of thioether (sulfide) groups is 1. The summed E-state index contributed by atoms with van der Waals surface area (Å²) < 4.78 is 7.47. The van der Waals surface area contributed by atoms with Gasteiger partial charge in [-0.1, -0.05) is 35.5 Å². The first-order valence-electron chi connectivity index (χ1n) is 8.71. The van der Waals surface area contributed by atoms with Crippen molar-refractivity contribution in [3.63, 3.8) is 0 Å². The van der Waals surface area contributed by atoms with Crippen molar-refractivity contribution < 1.29 is 9.53 Å². The van der Waals surface area contributed by atoms with E-state index in [1.54, 1.807) is 6.92 Å². The van der Waals surface area contributed by atoms with E-state index >= 15 is 0 Å². The maximum Gasteiger partial charge on any atom is 0.230 e. The van der Waals surface area contributed by atoms with Crippen molar-refractivity contribution in [1.82, 2.24) is 14.8 Å². The number of aromatic nitrogens is 3. The highest BCUT2D eigenvalue weighted by Crippen LogP contribution is 2.31. The Balaban J connectivity index is 2.09. The maximum absolute atomic E-state index is 11.5. The van der Waals surface area contributed by atoms with Gasteiger partial charge in [-0.15, -0.1) is 10.2 Å². The smallest absolute Gasteiger partial charge is 0.230 e. The van der Waals surface area contributed by atoms with E-state index in [0.29, 0.717) is 17.6 Å². The molecule has 0 spiro atoms. The number of nitrogens with two attached hydrogens (primary N) is 1. The van der Waals surface area contributed by atoms with E-state index in [4.69, 9.17) is 10.5 Å². The highest BCUT2D eigenvalue weighted by molar-refractivity contribution is 8.00. The first-order valence-corrected chi connectivity index (χ1v) is 9.59. The van der Waals surface area contributed by atoms with E-state index in [1.165, 1.54) is 11.8 Å². The topological polar surface area (TPSA) is 83.0 Å². The molecular formula is C20H22N4O2S. The molecule has 0 unspecified atom stereocenters. The van der Waals surface area contributed by atoms with Crippen molar-refractivity contribution in [2.45, 2.75) is 31.2 Å². The Hall–Kier alpha value is -2.80. The van der Waals surface area contributed by atoms with Crippen LogP contribution in [0.25, 0.3) is 17.1 Å². The summed E-state index contributed by atoms with van der Waals surface area (Å²) >= 11 is 1.29. The number of primary amides is 1. The zero-order valence-corrected chi connectivity index (χ0v) is 16.4. The fourth-order valence-corrected chi connectivity index (χ4v) is 3.44. The first-order chi connectivity index (χ1) is 13.0. The molecule has 1 heterocycles. The number of carbonyl (C=O) groups is 1. The van der Waals surface area contributed by atoms with E-state index in [9.17, 15) is 4.79 Å². The van der Waals surface area contributed by atoms with Gasteiger partial charge in [0.05, 0.1) is 11.9 Å². The van der Waals surface area contributed by atoms with E-state index in [-0.39, 0.29) is 0 Å². The van der Waals surface area contributed by atoms with E-state index in [0.717, 1.165) is 22.6 Å². The zero-order valence-electron chi connectivity index (χ0n) is 15.5. The monoisotopic (exact) mass is 382 g/mol. The maximum atomic E-state index is 11.5. The van der Waals surface area contributed by atoms with Gasteiger partial charge in [-0.25, -0.2) is 0 Å². The Kier molecular flexibility index (Phi) is 5.81. The molecule has 6 nitrogen and oxygen atoms in total. The lowest BCUT2D eigenvalue weighted by atomic mass is 10.1. The average Bonchev–Trinajstić information content (AvgIpc) is 3.06. The van der Waals surface area contributed by atoms with Crippen LogP contribution in [0.2, 0.25) is 0 Å². The quantitative estimate of drug-likeness (QED) is 0.631. The molecule has 1 aromatic heterocycles. The fourth-order valence-electron chi connectivity index (χ4n) is 2.62. The molecule has 0 aliphatic rings. The van der Waals surface area contributed by atoms with Gasteiger partial charge >= 0.3 is 0 Å². The number of rotatable bonds is 7. The number of nitrogens with zero attached hydrogens (tertiary/aromatic N) is 3. The standard InChI is InChI=1S/C20H22N4O2S/c1-4-26-17-10-8-16(9-11-17)24-19(15-7-5-6-13(2)12-15)22-23-20(24)27-14(3)18(21)25/h5-12,14H,4H2,1-3H3,(H2,21,25)/t14-/m0/s1. The molecular weight excluding hydrogens is 360 g/mol. The van der Waals surface area contributed by atoms with Crippen LogP contribution in [0.5, 0.6) is 5.75 Å². The van der Waals surface area contributed by atoms with Gasteiger partial charge in [0.25, 0.3) is 0 Å². The number of aryl methyl sites for hydroxylation is 1. The third-order valence-electron chi connectivity index (χ3n) is 4.00. The summed E-state index contributed by atoms with van der Waals surface area (Å²) in [6.45, 7) is 6.35. The predicted octanol–water partition coefficient (Wildman–Crippen LogP) is 3.61. The van der Waals surface area contributed by atoms with E-state index < -0.39 is 11.2 Å². The highest BCUT2D eigenvalue weighted by Gasteiger charge is 2.20. The van der Waals surface area contributed by atoms with Crippen LogP contribution in [0, 0.1) is 6.92 Å². The van der Waals surface area contributed by atoms with Gasteiger partial charge in [0.15, 0.2) is 11.0 Å². The fraction of sp³-hybridized carbons (Fsp3) is 0.250. The van der Waals surface area contributed by atoms with Crippen LogP contribution in [0.15, 0.2) is 53.7 Å². The Labute approximate surface area is 162 Å². The number of ether oxygens (including phenoxy) is 1. The Morgan fingerprint density at radius 2 is 1.96 bits per heavy atom. The molecule has 3 rings (SSSR count). The van der Waals surface area contributed by atoms with Gasteiger partial charge in [0, 0.05) is 11.3 Å². The van der Waals surface area contributed by atoms with Gasteiger partial charge in [-0.3, -0.25) is 9.36 Å². The lowest BCUT2D eigenvalue weighted by Crippen LogP contribution is -2.23. The molecule has 7 heteroatoms. The minimum absolute atomic E-state index is 0.390. The molecule has 1 atom stereocenters. The molecule has 0 aliphatic carbocycles. The summed E-state index contributed by atoms with van der Waals surface area (Å²) in [5.74, 6) is 1.12. The molecule has 2 aromatic carbocycles. The number of benzene rings is 2. The Bertz CT molecular complexity index is 937. The summed E-state index contributed by atoms with van der Waals surface area (Å²) in [6.07, 6.45) is 0. The second kappa shape index (κ2) is 8.26. The minimum Gasteiger partial charge on any atom is -0.494 e. The Morgan fingerprint density at radius 3 is 2.59 bits per heavy atom. The van der Waals surface area contributed by atoms with Gasteiger partial charge < -0.3 is 10.5 Å². The highest BCUT2D eigenvalue weighted by atomic mass is 32.2. The largest absolute Gasteiger partial charge is 0.494 e. The number of hydrogen-bond acceptors (Lipinski definition) is 5. The van der Waals surface area contributed by atoms with Gasteiger partial charge in [-0.05, 0) is 51.1 Å². The first kappa shape index (κ1) is 19.0. The number of amides is 1. The molecule has 0 saturated carbocycles. The van der Waals surface area contributed by atoms with Crippen LogP contribution >= 0.6 is 11.8 Å². The summed E-state index contributed by atoms with van der Waals surface area (Å²) in [5.41, 5.74) is 8.40. The van der Waals surface area contributed by atoms with Crippen molar-refractivity contribution in [1.29, 1.82) is 0 Å². The minimum atomic E-state index is -0.416. The van der Waals surface area contributed by atoms with E-state index in [1.807, 2.05) is 60.9 Å². The van der Waals surface area contributed by atoms with Crippen LogP contribution in [-0.2, 0) is 4.79 Å².